The van der Waals surface area contributed by atoms with E-state index in [2.05, 4.69) is 35.1 Å². The zero-order valence-electron chi connectivity index (χ0n) is 11.1. The maximum atomic E-state index is 11.4. The monoisotopic (exact) mass is 312 g/mol. The molecule has 0 spiro atoms. The molecule has 1 unspecified atom stereocenters. The average Bonchev–Trinajstić information content (AvgIpc) is 2.28. The van der Waals surface area contributed by atoms with Crippen molar-refractivity contribution >= 4 is 21.8 Å². The van der Waals surface area contributed by atoms with Crippen molar-refractivity contribution in [2.75, 3.05) is 0 Å². The Morgan fingerprint density at radius 3 is 2.28 bits per heavy atom. The van der Waals surface area contributed by atoms with Crippen molar-refractivity contribution < 1.29 is 4.79 Å². The Morgan fingerprint density at radius 2 is 1.83 bits per heavy atom. The Balaban J connectivity index is 2.68. The summed E-state index contributed by atoms with van der Waals surface area (Å²) < 4.78 is 1.05. The first-order valence-corrected chi connectivity index (χ1v) is 7.00. The van der Waals surface area contributed by atoms with Gasteiger partial charge in [-0.3, -0.25) is 10.1 Å². The van der Waals surface area contributed by atoms with Crippen LogP contribution in [0.3, 0.4) is 0 Å². The molecule has 3 nitrogen and oxygen atoms in total. The van der Waals surface area contributed by atoms with E-state index >= 15 is 0 Å². The van der Waals surface area contributed by atoms with E-state index in [-0.39, 0.29) is 18.0 Å². The second-order valence-electron chi connectivity index (χ2n) is 5.02. The molecule has 0 aliphatic rings. The number of benzene rings is 1. The number of carbonyl (C=O) groups is 1. The van der Waals surface area contributed by atoms with Crippen LogP contribution in [0, 0.1) is 5.92 Å². The van der Waals surface area contributed by atoms with Crippen molar-refractivity contribution in [3.63, 3.8) is 0 Å². The first kappa shape index (κ1) is 15.2. The smallest absolute Gasteiger partial charge is 0.234 e. The van der Waals surface area contributed by atoms with Gasteiger partial charge in [0.15, 0.2) is 0 Å². The number of amides is 1. The maximum Gasteiger partial charge on any atom is 0.234 e. The predicted molar refractivity (Wildman–Crippen MR) is 78.1 cm³/mol. The summed E-state index contributed by atoms with van der Waals surface area (Å²) in [4.78, 5) is 11.4. The lowest BCUT2D eigenvalue weighted by molar-refractivity contribution is -0.120. The molecular formula is C14H21BrN2O. The summed E-state index contributed by atoms with van der Waals surface area (Å²) in [6.45, 7) is 6.21. The minimum absolute atomic E-state index is 0.106. The van der Waals surface area contributed by atoms with E-state index in [9.17, 15) is 4.79 Å². The van der Waals surface area contributed by atoms with Gasteiger partial charge in [0.1, 0.15) is 0 Å². The molecule has 0 bridgehead atoms. The predicted octanol–water partition coefficient (Wildman–Crippen LogP) is 3.00. The largest absolute Gasteiger partial charge is 0.368 e. The number of rotatable bonds is 6. The molecule has 1 aromatic rings. The molecule has 0 saturated carbocycles. The molecule has 4 heteroatoms. The first-order valence-electron chi connectivity index (χ1n) is 6.21. The van der Waals surface area contributed by atoms with Gasteiger partial charge in [0, 0.05) is 10.5 Å². The minimum atomic E-state index is -0.285. The highest BCUT2D eigenvalue weighted by atomic mass is 79.9. The van der Waals surface area contributed by atoms with Crippen LogP contribution in [0.1, 0.15) is 38.8 Å². The molecule has 0 aromatic heterocycles. The molecule has 0 fully saturated rings. The van der Waals surface area contributed by atoms with Gasteiger partial charge in [-0.05, 0) is 37.0 Å². The lowest BCUT2D eigenvalue weighted by atomic mass is 10.0. The van der Waals surface area contributed by atoms with E-state index in [4.69, 9.17) is 5.73 Å². The van der Waals surface area contributed by atoms with Gasteiger partial charge >= 0.3 is 0 Å². The number of hydrogen-bond acceptors (Lipinski definition) is 2. The molecular weight excluding hydrogens is 292 g/mol. The second kappa shape index (κ2) is 6.90. The average molecular weight is 313 g/mol. The quantitative estimate of drug-likeness (QED) is 0.848. The van der Waals surface area contributed by atoms with E-state index in [1.54, 1.807) is 0 Å². The topological polar surface area (TPSA) is 55.1 Å². The van der Waals surface area contributed by atoms with Crippen molar-refractivity contribution in [3.8, 4) is 0 Å². The Bertz CT molecular complexity index is 389. The highest BCUT2D eigenvalue weighted by Gasteiger charge is 2.19. The van der Waals surface area contributed by atoms with Crippen LogP contribution in [0.4, 0.5) is 0 Å². The van der Waals surface area contributed by atoms with Crippen molar-refractivity contribution in [3.05, 3.63) is 34.3 Å². The van der Waals surface area contributed by atoms with E-state index in [0.717, 1.165) is 16.5 Å². The van der Waals surface area contributed by atoms with Gasteiger partial charge in [0.2, 0.25) is 5.91 Å². The molecule has 1 aromatic carbocycles. The molecule has 0 aliphatic carbocycles. The number of nitrogens with one attached hydrogen (secondary N) is 1. The molecule has 100 valence electrons. The molecule has 0 radical (unpaired) electrons. The third kappa shape index (κ3) is 4.78. The first-order chi connectivity index (χ1) is 8.40. The fraction of sp³-hybridized carbons (Fsp3) is 0.500. The number of carbonyl (C=O) groups excluding carboxylic acids is 1. The Hall–Kier alpha value is -0.870. The van der Waals surface area contributed by atoms with Crippen LogP contribution in [0.5, 0.6) is 0 Å². The molecule has 3 N–H and O–H groups in total. The van der Waals surface area contributed by atoms with Gasteiger partial charge in [-0.1, -0.05) is 41.9 Å². The summed E-state index contributed by atoms with van der Waals surface area (Å²) in [6.07, 6.45) is 0.760. The van der Waals surface area contributed by atoms with E-state index in [0.29, 0.717) is 5.92 Å². The van der Waals surface area contributed by atoms with Gasteiger partial charge in [0.05, 0.1) is 6.04 Å². The normalized spacial score (nSPS) is 14.5. The van der Waals surface area contributed by atoms with Crippen LogP contribution >= 0.6 is 15.9 Å². The van der Waals surface area contributed by atoms with Gasteiger partial charge in [-0.15, -0.1) is 0 Å². The minimum Gasteiger partial charge on any atom is -0.368 e. The van der Waals surface area contributed by atoms with E-state index in [1.165, 1.54) is 0 Å². The summed E-state index contributed by atoms with van der Waals surface area (Å²) in [7, 11) is 0. The summed E-state index contributed by atoms with van der Waals surface area (Å²) in [6, 6.07) is 7.90. The van der Waals surface area contributed by atoms with E-state index in [1.807, 2.05) is 31.2 Å². The van der Waals surface area contributed by atoms with Crippen LogP contribution in [0.25, 0.3) is 0 Å². The molecule has 0 saturated heterocycles. The lowest BCUT2D eigenvalue weighted by Crippen LogP contribution is -2.43. The standard InChI is InChI=1S/C14H21BrN2O/c1-9(2)8-13(14(16)18)17-10(3)11-4-6-12(15)7-5-11/h4-7,9-10,13,17H,8H2,1-3H3,(H2,16,18)/t10?,13-/m0/s1. The van der Waals surface area contributed by atoms with Crippen molar-refractivity contribution in [1.82, 2.24) is 5.32 Å². The highest BCUT2D eigenvalue weighted by Crippen LogP contribution is 2.18. The maximum absolute atomic E-state index is 11.4. The molecule has 1 rings (SSSR count). The molecule has 2 atom stereocenters. The van der Waals surface area contributed by atoms with Crippen LogP contribution in [-0.4, -0.2) is 11.9 Å². The number of primary amides is 1. The second-order valence-corrected chi connectivity index (χ2v) is 5.94. The fourth-order valence-corrected chi connectivity index (χ4v) is 2.15. The van der Waals surface area contributed by atoms with Crippen LogP contribution in [-0.2, 0) is 4.79 Å². The number of hydrogen-bond donors (Lipinski definition) is 2. The van der Waals surface area contributed by atoms with Gasteiger partial charge < -0.3 is 5.73 Å². The highest BCUT2D eigenvalue weighted by molar-refractivity contribution is 9.10. The number of halogens is 1. The molecule has 18 heavy (non-hydrogen) atoms. The fourth-order valence-electron chi connectivity index (χ4n) is 1.89. The summed E-state index contributed by atoms with van der Waals surface area (Å²) in [5.41, 5.74) is 6.57. The summed E-state index contributed by atoms with van der Waals surface area (Å²) in [5, 5.41) is 3.29. The third-order valence-corrected chi connectivity index (χ3v) is 3.40. The molecule has 0 aliphatic heterocycles. The number of nitrogens with two attached hydrogens (primary N) is 1. The summed E-state index contributed by atoms with van der Waals surface area (Å²) in [5.74, 6) is 0.153. The van der Waals surface area contributed by atoms with E-state index < -0.39 is 0 Å². The van der Waals surface area contributed by atoms with Gasteiger partial charge in [-0.2, -0.15) is 0 Å². The SMILES string of the molecule is CC(C)C[C@H](NC(C)c1ccc(Br)cc1)C(N)=O. The Labute approximate surface area is 117 Å². The van der Waals surface area contributed by atoms with Crippen LogP contribution < -0.4 is 11.1 Å². The third-order valence-electron chi connectivity index (χ3n) is 2.87. The zero-order chi connectivity index (χ0) is 13.7. The van der Waals surface area contributed by atoms with Crippen molar-refractivity contribution in [1.29, 1.82) is 0 Å². The summed E-state index contributed by atoms with van der Waals surface area (Å²) >= 11 is 3.41. The van der Waals surface area contributed by atoms with Crippen molar-refractivity contribution in [2.45, 2.75) is 39.3 Å². The Kier molecular flexibility index (Phi) is 5.82. The lowest BCUT2D eigenvalue weighted by Gasteiger charge is -2.22. The van der Waals surface area contributed by atoms with Crippen LogP contribution in [0.2, 0.25) is 0 Å². The van der Waals surface area contributed by atoms with Gasteiger partial charge in [0.25, 0.3) is 0 Å². The zero-order valence-corrected chi connectivity index (χ0v) is 12.7. The van der Waals surface area contributed by atoms with Crippen molar-refractivity contribution in [2.24, 2.45) is 11.7 Å². The molecule has 0 heterocycles. The van der Waals surface area contributed by atoms with Gasteiger partial charge in [-0.25, -0.2) is 0 Å². The molecule has 1 amide bonds. The Morgan fingerprint density at radius 1 is 1.28 bits per heavy atom. The van der Waals surface area contributed by atoms with Crippen LogP contribution in [0.15, 0.2) is 28.7 Å².